The molecule has 4 rings (SSSR count). The molecule has 0 saturated heterocycles. The molecule has 0 aliphatic heterocycles. The molecule has 6 N–H and O–H groups in total. The fraction of sp³-hybridized carbons (Fsp3) is 0.619. The maximum Gasteiger partial charge on any atom is 0.184 e. The van der Waals surface area contributed by atoms with Crippen LogP contribution >= 0.6 is 24.4 Å². The molecule has 0 aromatic carbocycles. The molecule has 0 aromatic heterocycles. The summed E-state index contributed by atoms with van der Waals surface area (Å²) >= 11 is 9.80. The van der Waals surface area contributed by atoms with Gasteiger partial charge < -0.3 is 11.5 Å². The summed E-state index contributed by atoms with van der Waals surface area (Å²) in [4.78, 5) is 0. The second-order valence-electron chi connectivity index (χ2n) is 9.24. The molecule has 29 heavy (non-hydrogen) atoms. The summed E-state index contributed by atoms with van der Waals surface area (Å²) in [6, 6.07) is 0. The lowest BCUT2D eigenvalue weighted by Crippen LogP contribution is -2.50. The number of hydrogen-bond donors (Lipinski definition) is 4. The predicted molar refractivity (Wildman–Crippen MR) is 126 cm³/mol. The first-order chi connectivity index (χ1) is 13.7. The molecular weight excluding hydrogens is 400 g/mol. The third-order valence-electron chi connectivity index (χ3n) is 7.91. The number of allylic oxidation sites excluding steroid dienone is 4. The third kappa shape index (κ3) is 3.50. The molecule has 0 spiro atoms. The molecule has 156 valence electrons. The van der Waals surface area contributed by atoms with Crippen molar-refractivity contribution in [3.63, 3.8) is 0 Å². The van der Waals surface area contributed by atoms with E-state index in [1.165, 1.54) is 30.5 Å². The highest BCUT2D eigenvalue weighted by Gasteiger charge is 2.57. The Morgan fingerprint density at radius 3 is 2.48 bits per heavy atom. The number of nitrogens with zero attached hydrogens (tertiary/aromatic N) is 2. The molecule has 0 amide bonds. The molecule has 3 fully saturated rings. The van der Waals surface area contributed by atoms with E-state index in [0.29, 0.717) is 17.8 Å². The summed E-state index contributed by atoms with van der Waals surface area (Å²) in [5.41, 5.74) is 20.5. The number of rotatable bonds is 2. The van der Waals surface area contributed by atoms with Crippen LogP contribution in [0.3, 0.4) is 0 Å². The highest BCUT2D eigenvalue weighted by Crippen LogP contribution is 2.63. The lowest BCUT2D eigenvalue weighted by molar-refractivity contribution is 0.00660. The molecule has 4 aliphatic rings. The van der Waals surface area contributed by atoms with Crippen molar-refractivity contribution in [2.75, 3.05) is 0 Å². The van der Waals surface area contributed by atoms with Crippen LogP contribution in [0.25, 0.3) is 0 Å². The minimum absolute atomic E-state index is 0.101. The van der Waals surface area contributed by atoms with E-state index in [9.17, 15) is 0 Å². The number of thiocarbonyl (C=S) groups is 2. The van der Waals surface area contributed by atoms with Crippen molar-refractivity contribution in [1.82, 2.24) is 10.9 Å². The zero-order valence-electron chi connectivity index (χ0n) is 17.1. The molecule has 6 nitrogen and oxygen atoms in total. The van der Waals surface area contributed by atoms with E-state index in [1.807, 2.05) is 0 Å². The first kappa shape index (κ1) is 20.5. The SMILES string of the molecule is C[C@]12C=CC(=NNC(N)=S)C=C1CC[C@@H]1[C@@H]2CC[C@]2(C)C(=NNC(N)=S)CC[C@@H]12. The van der Waals surface area contributed by atoms with Crippen LogP contribution in [0.5, 0.6) is 0 Å². The average molecular weight is 431 g/mol. The monoisotopic (exact) mass is 430 g/mol. The van der Waals surface area contributed by atoms with Crippen LogP contribution in [0.4, 0.5) is 0 Å². The minimum atomic E-state index is 0.101. The average Bonchev–Trinajstić information content (AvgIpc) is 3.01. The fourth-order valence-corrected chi connectivity index (χ4v) is 6.58. The van der Waals surface area contributed by atoms with Gasteiger partial charge in [-0.05, 0) is 92.9 Å². The Labute approximate surface area is 183 Å². The quantitative estimate of drug-likeness (QED) is 0.397. The van der Waals surface area contributed by atoms with Gasteiger partial charge in [-0.15, -0.1) is 0 Å². The summed E-state index contributed by atoms with van der Waals surface area (Å²) in [5, 5.41) is 9.34. The first-order valence-electron chi connectivity index (χ1n) is 10.4. The van der Waals surface area contributed by atoms with Crippen LogP contribution in [-0.2, 0) is 0 Å². The number of fused-ring (bicyclic) bond motifs is 5. The van der Waals surface area contributed by atoms with E-state index < -0.39 is 0 Å². The van der Waals surface area contributed by atoms with Gasteiger partial charge in [0.15, 0.2) is 10.2 Å². The summed E-state index contributed by atoms with van der Waals surface area (Å²) in [6.45, 7) is 4.81. The Kier molecular flexibility index (Phi) is 5.27. The zero-order valence-corrected chi connectivity index (χ0v) is 18.7. The van der Waals surface area contributed by atoms with Gasteiger partial charge in [0.25, 0.3) is 0 Å². The van der Waals surface area contributed by atoms with Gasteiger partial charge in [-0.2, -0.15) is 10.2 Å². The van der Waals surface area contributed by atoms with Gasteiger partial charge in [-0.3, -0.25) is 10.9 Å². The van der Waals surface area contributed by atoms with Crippen LogP contribution in [0.1, 0.15) is 52.4 Å². The van der Waals surface area contributed by atoms with E-state index in [1.54, 1.807) is 0 Å². The lowest BCUT2D eigenvalue weighted by atomic mass is 9.48. The van der Waals surface area contributed by atoms with Crippen molar-refractivity contribution in [2.45, 2.75) is 52.4 Å². The standard InChI is InChI=1S/C21H30N6S2/c1-20-9-7-13(24-26-18(22)28)11-12(20)3-4-14-15-5-6-17(25-27-19(23)29)21(15,2)10-8-16(14)20/h7,9,11,14-16H,3-6,8,10H2,1-2H3,(H3,22,26,28)(H3,23,27,29)/t14-,15-,16-,20-,21-/m0/s1. The molecule has 4 aliphatic carbocycles. The van der Waals surface area contributed by atoms with Gasteiger partial charge in [0, 0.05) is 16.5 Å². The van der Waals surface area contributed by atoms with Gasteiger partial charge >= 0.3 is 0 Å². The van der Waals surface area contributed by atoms with Crippen LogP contribution in [0, 0.1) is 28.6 Å². The number of hydrogen-bond acceptors (Lipinski definition) is 4. The van der Waals surface area contributed by atoms with E-state index >= 15 is 0 Å². The van der Waals surface area contributed by atoms with Gasteiger partial charge in [-0.25, -0.2) is 0 Å². The summed E-state index contributed by atoms with van der Waals surface area (Å²) in [6.07, 6.45) is 13.7. The molecule has 0 aromatic rings. The minimum Gasteiger partial charge on any atom is -0.375 e. The van der Waals surface area contributed by atoms with E-state index in [-0.39, 0.29) is 21.1 Å². The third-order valence-corrected chi connectivity index (χ3v) is 8.09. The maximum absolute atomic E-state index is 5.60. The summed E-state index contributed by atoms with van der Waals surface area (Å²) < 4.78 is 0. The van der Waals surface area contributed by atoms with Gasteiger partial charge in [-0.1, -0.05) is 25.5 Å². The molecule has 3 saturated carbocycles. The largest absolute Gasteiger partial charge is 0.375 e. The number of hydrazone groups is 2. The van der Waals surface area contributed by atoms with E-state index in [4.69, 9.17) is 35.9 Å². The summed E-state index contributed by atoms with van der Waals surface area (Å²) in [7, 11) is 0. The Balaban J connectivity index is 1.58. The number of nitrogens with one attached hydrogen (secondary N) is 2. The van der Waals surface area contributed by atoms with Crippen molar-refractivity contribution in [3.05, 3.63) is 23.8 Å². The predicted octanol–water partition coefficient (Wildman–Crippen LogP) is 3.10. The first-order valence-corrected chi connectivity index (χ1v) is 11.2. The van der Waals surface area contributed by atoms with Crippen molar-refractivity contribution in [3.8, 4) is 0 Å². The fourth-order valence-electron chi connectivity index (χ4n) is 6.49. The van der Waals surface area contributed by atoms with Crippen molar-refractivity contribution in [1.29, 1.82) is 0 Å². The maximum atomic E-state index is 5.60. The molecular formula is C21H30N6S2. The summed E-state index contributed by atoms with van der Waals surface area (Å²) in [5.74, 6) is 2.04. The lowest BCUT2D eigenvalue weighted by Gasteiger charge is -2.56. The van der Waals surface area contributed by atoms with Crippen molar-refractivity contribution < 1.29 is 0 Å². The molecule has 8 heteroatoms. The molecule has 0 bridgehead atoms. The molecule has 0 unspecified atom stereocenters. The van der Waals surface area contributed by atoms with Crippen LogP contribution < -0.4 is 22.3 Å². The molecule has 0 radical (unpaired) electrons. The topological polar surface area (TPSA) is 101 Å². The van der Waals surface area contributed by atoms with E-state index in [0.717, 1.165) is 25.0 Å². The molecule has 0 heterocycles. The second kappa shape index (κ2) is 7.47. The smallest absolute Gasteiger partial charge is 0.184 e. The number of nitrogens with two attached hydrogens (primary N) is 2. The Hall–Kier alpha value is -1.80. The van der Waals surface area contributed by atoms with Gasteiger partial charge in [0.05, 0.1) is 5.71 Å². The zero-order chi connectivity index (χ0) is 20.8. The van der Waals surface area contributed by atoms with Crippen molar-refractivity contribution >= 4 is 46.1 Å². The van der Waals surface area contributed by atoms with Gasteiger partial charge in [0.2, 0.25) is 0 Å². The normalized spacial score (nSPS) is 40.6. The highest BCUT2D eigenvalue weighted by atomic mass is 32.1. The second-order valence-corrected chi connectivity index (χ2v) is 10.1. The van der Waals surface area contributed by atoms with Crippen molar-refractivity contribution in [2.24, 2.45) is 50.3 Å². The Morgan fingerprint density at radius 2 is 1.76 bits per heavy atom. The Morgan fingerprint density at radius 1 is 1.03 bits per heavy atom. The molecule has 5 atom stereocenters. The van der Waals surface area contributed by atoms with Gasteiger partial charge in [0.1, 0.15) is 0 Å². The highest BCUT2D eigenvalue weighted by molar-refractivity contribution is 7.80. The van der Waals surface area contributed by atoms with Crippen LogP contribution in [0.2, 0.25) is 0 Å². The van der Waals surface area contributed by atoms with Crippen LogP contribution in [-0.4, -0.2) is 21.6 Å². The van der Waals surface area contributed by atoms with E-state index in [2.05, 4.69) is 53.1 Å². The van der Waals surface area contributed by atoms with Crippen LogP contribution in [0.15, 0.2) is 34.0 Å². The Bertz CT molecular complexity index is 859.